The Kier molecular flexibility index (Phi) is 2.60. The molecule has 2 nitrogen and oxygen atoms in total. The third-order valence-corrected chi connectivity index (χ3v) is 4.78. The van der Waals surface area contributed by atoms with Crippen LogP contribution in [0.3, 0.4) is 0 Å². The molecule has 2 aromatic rings. The maximum atomic E-state index is 6.19. The number of aromatic nitrogens is 1. The highest BCUT2D eigenvalue weighted by Gasteiger charge is 2.28. The molecule has 0 bridgehead atoms. The zero-order valence-electron chi connectivity index (χ0n) is 9.53. The summed E-state index contributed by atoms with van der Waals surface area (Å²) in [5, 5.41) is 1.52. The molecule has 1 aliphatic carbocycles. The van der Waals surface area contributed by atoms with E-state index in [0.717, 1.165) is 23.4 Å². The van der Waals surface area contributed by atoms with E-state index in [9.17, 15) is 0 Å². The lowest BCUT2D eigenvalue weighted by Gasteiger charge is -2.11. The van der Waals surface area contributed by atoms with Crippen molar-refractivity contribution in [2.75, 3.05) is 5.73 Å². The van der Waals surface area contributed by atoms with Gasteiger partial charge < -0.3 is 5.73 Å². The van der Waals surface area contributed by atoms with Crippen LogP contribution in [0.4, 0.5) is 5.13 Å². The van der Waals surface area contributed by atoms with Crippen LogP contribution in [0.25, 0.3) is 0 Å². The van der Waals surface area contributed by atoms with Crippen molar-refractivity contribution >= 4 is 28.1 Å². The number of hydrogen-bond donors (Lipinski definition) is 1. The van der Waals surface area contributed by atoms with E-state index in [0.29, 0.717) is 11.0 Å². The first kappa shape index (κ1) is 11.1. The Hall–Kier alpha value is -1.06. The third-order valence-electron chi connectivity index (χ3n) is 3.33. The molecule has 0 fully saturated rings. The van der Waals surface area contributed by atoms with Gasteiger partial charge in [-0.25, -0.2) is 4.98 Å². The molecule has 1 heterocycles. The fraction of sp³-hybridized carbons (Fsp3) is 0.308. The van der Waals surface area contributed by atoms with Crippen molar-refractivity contribution in [1.29, 1.82) is 0 Å². The minimum atomic E-state index is 0.429. The van der Waals surface area contributed by atoms with Crippen molar-refractivity contribution in [3.8, 4) is 0 Å². The Labute approximate surface area is 109 Å². The normalized spacial score (nSPS) is 18.4. The average molecular weight is 265 g/mol. The van der Waals surface area contributed by atoms with Crippen LogP contribution in [-0.2, 0) is 6.42 Å². The zero-order valence-corrected chi connectivity index (χ0v) is 11.1. The van der Waals surface area contributed by atoms with Gasteiger partial charge in [-0.05, 0) is 37.0 Å². The molecule has 2 N–H and O–H groups in total. The second kappa shape index (κ2) is 4.00. The van der Waals surface area contributed by atoms with Gasteiger partial charge in [0.2, 0.25) is 0 Å². The standard InChI is InChI=1S/C13H13ClN2S/c1-7-2-3-8(6-10(7)14)9-4-5-11-12(9)17-13(15)16-11/h2-3,6,9H,4-5H2,1H3,(H2,15,16). The van der Waals surface area contributed by atoms with Gasteiger partial charge >= 0.3 is 0 Å². The third kappa shape index (κ3) is 1.83. The molecule has 0 radical (unpaired) electrons. The van der Waals surface area contributed by atoms with E-state index in [-0.39, 0.29) is 0 Å². The molecule has 0 aliphatic heterocycles. The van der Waals surface area contributed by atoms with Crippen LogP contribution in [0.5, 0.6) is 0 Å². The van der Waals surface area contributed by atoms with Crippen molar-refractivity contribution in [3.63, 3.8) is 0 Å². The topological polar surface area (TPSA) is 38.9 Å². The van der Waals surface area contributed by atoms with Crippen molar-refractivity contribution in [1.82, 2.24) is 4.98 Å². The number of nitrogen functional groups attached to an aromatic ring is 1. The summed E-state index contributed by atoms with van der Waals surface area (Å²) >= 11 is 7.80. The SMILES string of the molecule is Cc1ccc(C2CCc3nc(N)sc32)cc1Cl. The Morgan fingerprint density at radius 2 is 2.29 bits per heavy atom. The number of aryl methyl sites for hydroxylation is 2. The van der Waals surface area contributed by atoms with E-state index in [1.807, 2.05) is 6.92 Å². The Morgan fingerprint density at radius 1 is 1.47 bits per heavy atom. The predicted octanol–water partition coefficient (Wildman–Crippen LogP) is 3.77. The molecule has 0 spiro atoms. The molecule has 0 amide bonds. The lowest BCUT2D eigenvalue weighted by Crippen LogP contribution is -1.94. The maximum absolute atomic E-state index is 6.19. The summed E-state index contributed by atoms with van der Waals surface area (Å²) < 4.78 is 0. The quantitative estimate of drug-likeness (QED) is 0.852. The maximum Gasteiger partial charge on any atom is 0.180 e. The van der Waals surface area contributed by atoms with Crippen LogP contribution in [-0.4, -0.2) is 4.98 Å². The highest BCUT2D eigenvalue weighted by molar-refractivity contribution is 7.15. The number of nitrogens with zero attached hydrogens (tertiary/aromatic N) is 1. The second-order valence-corrected chi connectivity index (χ2v) is 5.93. The van der Waals surface area contributed by atoms with Gasteiger partial charge in [0.1, 0.15) is 0 Å². The number of thiazole rings is 1. The minimum absolute atomic E-state index is 0.429. The lowest BCUT2D eigenvalue weighted by molar-refractivity contribution is 0.790. The van der Waals surface area contributed by atoms with Gasteiger partial charge in [0.15, 0.2) is 5.13 Å². The number of nitrogens with two attached hydrogens (primary N) is 1. The number of halogens is 1. The van der Waals surface area contributed by atoms with E-state index < -0.39 is 0 Å². The van der Waals surface area contributed by atoms with E-state index in [1.54, 1.807) is 11.3 Å². The molecule has 1 atom stereocenters. The number of anilines is 1. The molecule has 88 valence electrons. The van der Waals surface area contributed by atoms with E-state index >= 15 is 0 Å². The smallest absolute Gasteiger partial charge is 0.180 e. The highest BCUT2D eigenvalue weighted by Crippen LogP contribution is 2.42. The fourth-order valence-electron chi connectivity index (χ4n) is 2.39. The molecule has 4 heteroatoms. The molecular formula is C13H13ClN2S. The average Bonchev–Trinajstić information content (AvgIpc) is 2.81. The summed E-state index contributed by atoms with van der Waals surface area (Å²) in [5.41, 5.74) is 9.34. The van der Waals surface area contributed by atoms with Crippen molar-refractivity contribution in [2.45, 2.75) is 25.7 Å². The van der Waals surface area contributed by atoms with Crippen LogP contribution in [0.15, 0.2) is 18.2 Å². The van der Waals surface area contributed by atoms with Gasteiger partial charge in [0.05, 0.1) is 5.69 Å². The summed E-state index contributed by atoms with van der Waals surface area (Å²) in [6.45, 7) is 2.02. The van der Waals surface area contributed by atoms with E-state index in [1.165, 1.54) is 16.1 Å². The summed E-state index contributed by atoms with van der Waals surface area (Å²) in [5.74, 6) is 0.429. The van der Waals surface area contributed by atoms with Gasteiger partial charge in [-0.15, -0.1) is 11.3 Å². The number of benzene rings is 1. The van der Waals surface area contributed by atoms with Gasteiger partial charge in [-0.2, -0.15) is 0 Å². The van der Waals surface area contributed by atoms with Crippen LogP contribution in [0, 0.1) is 6.92 Å². The molecule has 1 aromatic heterocycles. The Balaban J connectivity index is 2.03. The first-order valence-corrected chi connectivity index (χ1v) is 6.85. The van der Waals surface area contributed by atoms with Gasteiger partial charge in [0, 0.05) is 15.8 Å². The van der Waals surface area contributed by atoms with Crippen LogP contribution >= 0.6 is 22.9 Å². The first-order valence-electron chi connectivity index (χ1n) is 5.66. The number of rotatable bonds is 1. The minimum Gasteiger partial charge on any atom is -0.375 e. The molecule has 1 aliphatic rings. The molecule has 1 unspecified atom stereocenters. The van der Waals surface area contributed by atoms with E-state index in [2.05, 4.69) is 23.2 Å². The molecule has 3 rings (SSSR count). The van der Waals surface area contributed by atoms with Crippen LogP contribution < -0.4 is 5.73 Å². The number of fused-ring (bicyclic) bond motifs is 1. The molecule has 1 aromatic carbocycles. The van der Waals surface area contributed by atoms with Gasteiger partial charge in [-0.1, -0.05) is 23.7 Å². The zero-order chi connectivity index (χ0) is 12.0. The highest BCUT2D eigenvalue weighted by atomic mass is 35.5. The largest absolute Gasteiger partial charge is 0.375 e. The summed E-state index contributed by atoms with van der Waals surface area (Å²) in [7, 11) is 0. The van der Waals surface area contributed by atoms with Crippen LogP contribution in [0.2, 0.25) is 5.02 Å². The van der Waals surface area contributed by atoms with Gasteiger partial charge in [-0.3, -0.25) is 0 Å². The van der Waals surface area contributed by atoms with E-state index in [4.69, 9.17) is 17.3 Å². The second-order valence-electron chi connectivity index (χ2n) is 4.46. The van der Waals surface area contributed by atoms with Crippen LogP contribution in [0.1, 0.15) is 34.0 Å². The molecular weight excluding hydrogens is 252 g/mol. The van der Waals surface area contributed by atoms with Crippen molar-refractivity contribution < 1.29 is 0 Å². The fourth-order valence-corrected chi connectivity index (χ4v) is 3.62. The van der Waals surface area contributed by atoms with Crippen molar-refractivity contribution in [3.05, 3.63) is 44.9 Å². The van der Waals surface area contributed by atoms with Gasteiger partial charge in [0.25, 0.3) is 0 Å². The Morgan fingerprint density at radius 3 is 3.06 bits per heavy atom. The van der Waals surface area contributed by atoms with Crippen molar-refractivity contribution in [2.24, 2.45) is 0 Å². The monoisotopic (exact) mass is 264 g/mol. The molecule has 0 saturated carbocycles. The molecule has 0 saturated heterocycles. The Bertz CT molecular complexity index is 577. The summed E-state index contributed by atoms with van der Waals surface area (Å²) in [6.07, 6.45) is 2.15. The first-order chi connectivity index (χ1) is 8.15. The number of hydrogen-bond acceptors (Lipinski definition) is 3. The predicted molar refractivity (Wildman–Crippen MR) is 72.9 cm³/mol. The molecule has 17 heavy (non-hydrogen) atoms. The summed E-state index contributed by atoms with van der Waals surface area (Å²) in [6, 6.07) is 6.32. The summed E-state index contributed by atoms with van der Waals surface area (Å²) in [4.78, 5) is 5.69. The lowest BCUT2D eigenvalue weighted by atomic mass is 9.97.